The van der Waals surface area contributed by atoms with Crippen LogP contribution in [0.3, 0.4) is 0 Å². The first kappa shape index (κ1) is 23.3. The number of aliphatic hydroxyl groups is 1. The van der Waals surface area contributed by atoms with Crippen molar-refractivity contribution in [2.75, 3.05) is 26.3 Å². The van der Waals surface area contributed by atoms with Crippen LogP contribution in [0.1, 0.15) is 43.2 Å². The zero-order valence-electron chi connectivity index (χ0n) is 17.9. The molecule has 2 aliphatic rings. The van der Waals surface area contributed by atoms with Gasteiger partial charge in [-0.25, -0.2) is 0 Å². The summed E-state index contributed by atoms with van der Waals surface area (Å²) in [6.07, 6.45) is 7.37. The lowest BCUT2D eigenvalue weighted by molar-refractivity contribution is -0.136. The lowest BCUT2D eigenvalue weighted by Gasteiger charge is -2.38. The Bertz CT molecular complexity index is 687. The minimum absolute atomic E-state index is 0.185. The van der Waals surface area contributed by atoms with Crippen molar-refractivity contribution in [1.82, 2.24) is 4.90 Å². The number of nitrogens with zero attached hydrogens (tertiary/aromatic N) is 1. The summed E-state index contributed by atoms with van der Waals surface area (Å²) in [7, 11) is 0. The molecule has 6 heteroatoms. The van der Waals surface area contributed by atoms with Crippen molar-refractivity contribution in [3.05, 3.63) is 47.5 Å². The predicted molar refractivity (Wildman–Crippen MR) is 122 cm³/mol. The van der Waals surface area contributed by atoms with Gasteiger partial charge in [0.2, 0.25) is 0 Å². The highest BCUT2D eigenvalue weighted by Gasteiger charge is 2.45. The van der Waals surface area contributed by atoms with E-state index >= 15 is 0 Å². The van der Waals surface area contributed by atoms with Gasteiger partial charge in [-0.2, -0.15) is 11.8 Å². The lowest BCUT2D eigenvalue weighted by atomic mass is 9.94. The fraction of sp³-hybridized carbons (Fsp3) is 0.625. The van der Waals surface area contributed by atoms with Gasteiger partial charge in [-0.1, -0.05) is 42.0 Å². The van der Waals surface area contributed by atoms with Crippen molar-refractivity contribution < 1.29 is 19.7 Å². The summed E-state index contributed by atoms with van der Waals surface area (Å²) in [4.78, 5) is 13.1. The number of morpholine rings is 1. The van der Waals surface area contributed by atoms with Gasteiger partial charge in [0.05, 0.1) is 19.3 Å². The average molecular weight is 434 g/mol. The molecule has 4 atom stereocenters. The number of benzene rings is 1. The minimum atomic E-state index is -0.751. The van der Waals surface area contributed by atoms with Crippen LogP contribution in [0.5, 0.6) is 0 Å². The van der Waals surface area contributed by atoms with E-state index in [9.17, 15) is 9.90 Å². The van der Waals surface area contributed by atoms with Crippen LogP contribution in [0.15, 0.2) is 36.4 Å². The number of allylic oxidation sites excluding steroid dienone is 2. The van der Waals surface area contributed by atoms with Gasteiger partial charge in [-0.05, 0) is 44.1 Å². The van der Waals surface area contributed by atoms with Crippen LogP contribution in [0.4, 0.5) is 0 Å². The van der Waals surface area contributed by atoms with Gasteiger partial charge >= 0.3 is 5.97 Å². The van der Waals surface area contributed by atoms with Gasteiger partial charge in [0, 0.05) is 36.6 Å². The molecule has 2 N–H and O–H groups in total. The number of aliphatic hydroxyl groups excluding tert-OH is 1. The van der Waals surface area contributed by atoms with E-state index in [1.165, 1.54) is 11.1 Å². The second-order valence-corrected chi connectivity index (χ2v) is 9.65. The molecule has 0 radical (unpaired) electrons. The minimum Gasteiger partial charge on any atom is -0.481 e. The van der Waals surface area contributed by atoms with Crippen molar-refractivity contribution in [2.24, 2.45) is 5.92 Å². The Kier molecular flexibility index (Phi) is 9.25. The molecule has 30 heavy (non-hydrogen) atoms. The van der Waals surface area contributed by atoms with Crippen LogP contribution in [0, 0.1) is 12.8 Å². The molecule has 0 bridgehead atoms. The second kappa shape index (κ2) is 11.9. The molecule has 0 spiro atoms. The Labute approximate surface area is 184 Å². The molecule has 3 rings (SSSR count). The van der Waals surface area contributed by atoms with Crippen LogP contribution in [-0.4, -0.2) is 64.8 Å². The molecule has 1 aromatic carbocycles. The molecule has 1 saturated carbocycles. The van der Waals surface area contributed by atoms with E-state index in [4.69, 9.17) is 9.84 Å². The van der Waals surface area contributed by atoms with Crippen LogP contribution in [0.25, 0.3) is 0 Å². The molecule has 2 fully saturated rings. The summed E-state index contributed by atoms with van der Waals surface area (Å²) in [6, 6.07) is 8.92. The second-order valence-electron chi connectivity index (χ2n) is 8.42. The third-order valence-corrected chi connectivity index (χ3v) is 7.66. The number of hydrogen-bond acceptors (Lipinski definition) is 5. The van der Waals surface area contributed by atoms with E-state index in [-0.39, 0.29) is 18.6 Å². The van der Waals surface area contributed by atoms with Crippen molar-refractivity contribution in [3.8, 4) is 0 Å². The van der Waals surface area contributed by atoms with Crippen molar-refractivity contribution in [1.29, 1.82) is 0 Å². The number of ether oxygens (including phenoxy) is 1. The number of hydrogen-bond donors (Lipinski definition) is 2. The maximum Gasteiger partial charge on any atom is 0.303 e. The molecular weight excluding hydrogens is 398 g/mol. The smallest absolute Gasteiger partial charge is 0.303 e. The summed E-state index contributed by atoms with van der Waals surface area (Å²) in [5.74, 6) is 0.648. The molecule has 5 nitrogen and oxygen atoms in total. The molecule has 1 aliphatic heterocycles. The molecule has 166 valence electrons. The first-order chi connectivity index (χ1) is 14.5. The number of aliphatic carboxylic acids is 1. The first-order valence-electron chi connectivity index (χ1n) is 11.1. The maximum atomic E-state index is 10.9. The number of aryl methyl sites for hydroxylation is 1. The van der Waals surface area contributed by atoms with Gasteiger partial charge < -0.3 is 14.9 Å². The van der Waals surface area contributed by atoms with E-state index in [0.717, 1.165) is 51.3 Å². The van der Waals surface area contributed by atoms with Crippen LogP contribution in [0.2, 0.25) is 0 Å². The van der Waals surface area contributed by atoms with E-state index in [2.05, 4.69) is 42.2 Å². The molecule has 1 aliphatic carbocycles. The molecular formula is C24H35NO4S. The van der Waals surface area contributed by atoms with Gasteiger partial charge in [0.1, 0.15) is 0 Å². The zero-order chi connectivity index (χ0) is 21.3. The van der Waals surface area contributed by atoms with Gasteiger partial charge in [-0.3, -0.25) is 9.69 Å². The predicted octanol–water partition coefficient (Wildman–Crippen LogP) is 3.88. The van der Waals surface area contributed by atoms with Crippen LogP contribution in [-0.2, 0) is 15.3 Å². The summed E-state index contributed by atoms with van der Waals surface area (Å²) in [6.45, 7) is 5.37. The summed E-state index contributed by atoms with van der Waals surface area (Å²) < 4.78 is 5.53. The fourth-order valence-corrected chi connectivity index (χ4v) is 6.09. The molecule has 1 aromatic rings. The monoisotopic (exact) mass is 433 g/mol. The molecule has 0 aromatic heterocycles. The normalized spacial score (nSPS) is 27.7. The summed E-state index contributed by atoms with van der Waals surface area (Å²) >= 11 is 1.98. The zero-order valence-corrected chi connectivity index (χ0v) is 18.7. The van der Waals surface area contributed by atoms with Crippen molar-refractivity contribution in [2.45, 2.75) is 62.2 Å². The number of thioether (sulfide) groups is 1. The van der Waals surface area contributed by atoms with E-state index in [0.29, 0.717) is 17.6 Å². The highest BCUT2D eigenvalue weighted by Crippen LogP contribution is 2.42. The Balaban J connectivity index is 1.61. The van der Waals surface area contributed by atoms with Crippen molar-refractivity contribution >= 4 is 17.7 Å². The summed E-state index contributed by atoms with van der Waals surface area (Å²) in [5.41, 5.74) is 2.61. The third kappa shape index (κ3) is 6.84. The first-order valence-corrected chi connectivity index (χ1v) is 12.1. The standard InChI is InChI=1S/C24H35NO4S/c1-18-8-10-19(11-9-18)17-30-22-16-21(26)24(25-12-14-29-15-13-25)20(22)6-4-2-3-5-7-23(27)28/h2-3,8-11,20-22,24,26H,4-7,12-17H2,1H3,(H,27,28)/t20-,21+,22-,24+/m0/s1. The number of rotatable bonds is 10. The largest absolute Gasteiger partial charge is 0.481 e. The van der Waals surface area contributed by atoms with E-state index in [1.807, 2.05) is 17.8 Å². The number of carboxylic acids is 1. The molecule has 0 amide bonds. The summed E-state index contributed by atoms with van der Waals surface area (Å²) in [5, 5.41) is 20.1. The molecule has 0 unspecified atom stereocenters. The molecule has 1 heterocycles. The lowest BCUT2D eigenvalue weighted by Crippen LogP contribution is -2.50. The fourth-order valence-electron chi connectivity index (χ4n) is 4.61. The number of carbonyl (C=O) groups is 1. The van der Waals surface area contributed by atoms with Gasteiger partial charge in [-0.15, -0.1) is 0 Å². The highest BCUT2D eigenvalue weighted by molar-refractivity contribution is 7.99. The third-order valence-electron chi connectivity index (χ3n) is 6.19. The Morgan fingerprint density at radius 3 is 2.60 bits per heavy atom. The van der Waals surface area contributed by atoms with E-state index in [1.54, 1.807) is 0 Å². The number of carboxylic acid groups (broad SMARTS) is 1. The van der Waals surface area contributed by atoms with Crippen LogP contribution >= 0.6 is 11.8 Å². The Morgan fingerprint density at radius 1 is 1.20 bits per heavy atom. The van der Waals surface area contributed by atoms with Gasteiger partial charge in [0.15, 0.2) is 0 Å². The molecule has 1 saturated heterocycles. The topological polar surface area (TPSA) is 70.0 Å². The van der Waals surface area contributed by atoms with Gasteiger partial charge in [0.25, 0.3) is 0 Å². The average Bonchev–Trinajstić information content (AvgIpc) is 3.05. The Morgan fingerprint density at radius 2 is 1.90 bits per heavy atom. The quantitative estimate of drug-likeness (QED) is 0.546. The Hall–Kier alpha value is -1.34. The van der Waals surface area contributed by atoms with Crippen LogP contribution < -0.4 is 0 Å². The van der Waals surface area contributed by atoms with Crippen molar-refractivity contribution in [3.63, 3.8) is 0 Å². The SMILES string of the molecule is Cc1ccc(CS[C@H]2C[C@@H](O)[C@H](N3CCOCC3)[C@H]2CCC=CCCC(=O)O)cc1. The maximum absolute atomic E-state index is 10.9. The van der Waals surface area contributed by atoms with E-state index < -0.39 is 5.97 Å². The highest BCUT2D eigenvalue weighted by atomic mass is 32.2.